The van der Waals surface area contributed by atoms with Crippen molar-refractivity contribution in [3.63, 3.8) is 0 Å². The van der Waals surface area contributed by atoms with Crippen LogP contribution in [0.4, 0.5) is 4.79 Å². The highest BCUT2D eigenvalue weighted by molar-refractivity contribution is 6.30. The molecule has 1 aliphatic heterocycles. The normalized spacial score (nSPS) is 15.1. The van der Waals surface area contributed by atoms with E-state index >= 15 is 0 Å². The van der Waals surface area contributed by atoms with E-state index in [1.54, 1.807) is 6.08 Å². The van der Waals surface area contributed by atoms with Gasteiger partial charge < -0.3 is 10.1 Å². The van der Waals surface area contributed by atoms with Crippen molar-refractivity contribution < 1.29 is 14.3 Å². The first-order chi connectivity index (χ1) is 14.6. The minimum atomic E-state index is -0.392. The molecule has 0 atom stereocenters. The molecule has 1 fully saturated rings. The quantitative estimate of drug-likeness (QED) is 0.430. The second-order valence-electron chi connectivity index (χ2n) is 7.06. The fourth-order valence-corrected chi connectivity index (χ4v) is 3.56. The zero-order chi connectivity index (χ0) is 21.1. The van der Waals surface area contributed by atoms with Gasteiger partial charge in [-0.2, -0.15) is 0 Å². The molecular weight excluding hydrogens is 400 g/mol. The number of ether oxygens (including phenoxy) is 1. The number of urea groups is 1. The van der Waals surface area contributed by atoms with Crippen LogP contribution in [0.1, 0.15) is 24.5 Å². The second kappa shape index (κ2) is 8.59. The lowest BCUT2D eigenvalue weighted by molar-refractivity contribution is -0.122. The van der Waals surface area contributed by atoms with Gasteiger partial charge in [-0.25, -0.2) is 4.79 Å². The maximum atomic E-state index is 12.7. The first kappa shape index (κ1) is 20.0. The van der Waals surface area contributed by atoms with Gasteiger partial charge in [-0.1, -0.05) is 61.0 Å². The number of rotatable bonds is 6. The highest BCUT2D eigenvalue weighted by atomic mass is 35.5. The van der Waals surface area contributed by atoms with E-state index < -0.39 is 6.03 Å². The number of halogens is 1. The molecule has 152 valence electrons. The van der Waals surface area contributed by atoms with E-state index in [9.17, 15) is 9.59 Å². The molecule has 0 unspecified atom stereocenters. The van der Waals surface area contributed by atoms with Gasteiger partial charge in [0.1, 0.15) is 18.1 Å². The number of fused-ring (bicyclic) bond motifs is 1. The van der Waals surface area contributed by atoms with Crippen molar-refractivity contribution in [1.29, 1.82) is 0 Å². The second-order valence-corrected chi connectivity index (χ2v) is 7.50. The Bertz CT molecular complexity index is 1140. The minimum Gasteiger partial charge on any atom is -0.488 e. The van der Waals surface area contributed by atoms with Crippen molar-refractivity contribution in [1.82, 2.24) is 10.2 Å². The van der Waals surface area contributed by atoms with Crippen molar-refractivity contribution in [2.75, 3.05) is 6.54 Å². The number of nitrogens with zero attached hydrogens (tertiary/aromatic N) is 1. The highest BCUT2D eigenvalue weighted by Gasteiger charge is 2.33. The Hall–Kier alpha value is -3.31. The van der Waals surface area contributed by atoms with E-state index in [0.717, 1.165) is 21.9 Å². The molecule has 6 heteroatoms. The standard InChI is InChI=1S/C24H21ClN2O3/c1-2-13-27-23(28)21(26-24(27)29)14-20-19-6-4-3-5-17(19)9-12-22(20)30-15-16-7-10-18(25)11-8-16/h3-12,14H,2,13,15H2,1H3,(H,26,29)/b21-14+. The van der Waals surface area contributed by atoms with Crippen LogP contribution >= 0.6 is 11.6 Å². The van der Waals surface area contributed by atoms with E-state index in [4.69, 9.17) is 16.3 Å². The average molecular weight is 421 g/mol. The zero-order valence-electron chi connectivity index (χ0n) is 16.5. The largest absolute Gasteiger partial charge is 0.488 e. The molecule has 0 aromatic heterocycles. The van der Waals surface area contributed by atoms with Crippen LogP contribution in [-0.4, -0.2) is 23.4 Å². The van der Waals surface area contributed by atoms with Crippen LogP contribution in [0.2, 0.25) is 5.02 Å². The number of hydrogen-bond acceptors (Lipinski definition) is 3. The topological polar surface area (TPSA) is 58.6 Å². The molecule has 1 N–H and O–H groups in total. The lowest BCUT2D eigenvalue weighted by Gasteiger charge is -2.13. The van der Waals surface area contributed by atoms with E-state index in [1.807, 2.05) is 67.6 Å². The van der Waals surface area contributed by atoms with Crippen LogP contribution in [0.25, 0.3) is 16.8 Å². The summed E-state index contributed by atoms with van der Waals surface area (Å²) in [5.41, 5.74) is 1.98. The molecular formula is C24H21ClN2O3. The van der Waals surface area contributed by atoms with Gasteiger partial charge in [0.25, 0.3) is 5.91 Å². The Kier molecular flexibility index (Phi) is 5.72. The molecule has 3 amide bonds. The SMILES string of the molecule is CCCN1C(=O)N/C(=C/c2c(OCc3ccc(Cl)cc3)ccc3ccccc23)C1=O. The fraction of sp³-hybridized carbons (Fsp3) is 0.167. The summed E-state index contributed by atoms with van der Waals surface area (Å²) in [5.74, 6) is 0.311. The third-order valence-electron chi connectivity index (χ3n) is 4.94. The summed E-state index contributed by atoms with van der Waals surface area (Å²) < 4.78 is 6.09. The van der Waals surface area contributed by atoms with E-state index in [2.05, 4.69) is 5.32 Å². The van der Waals surface area contributed by atoms with Gasteiger partial charge in [-0.3, -0.25) is 9.69 Å². The van der Waals surface area contributed by atoms with Crippen molar-refractivity contribution >= 4 is 40.4 Å². The summed E-state index contributed by atoms with van der Waals surface area (Å²) in [4.78, 5) is 26.1. The monoisotopic (exact) mass is 420 g/mol. The lowest BCUT2D eigenvalue weighted by Crippen LogP contribution is -2.31. The highest BCUT2D eigenvalue weighted by Crippen LogP contribution is 2.31. The molecule has 4 rings (SSSR count). The minimum absolute atomic E-state index is 0.251. The van der Waals surface area contributed by atoms with E-state index in [1.165, 1.54) is 4.90 Å². The molecule has 1 saturated heterocycles. The van der Waals surface area contributed by atoms with Gasteiger partial charge in [-0.05, 0) is 47.0 Å². The fourth-order valence-electron chi connectivity index (χ4n) is 3.43. The molecule has 0 spiro atoms. The summed E-state index contributed by atoms with van der Waals surface area (Å²) in [6, 6.07) is 18.8. The Balaban J connectivity index is 1.71. The molecule has 3 aromatic carbocycles. The van der Waals surface area contributed by atoms with E-state index in [-0.39, 0.29) is 11.6 Å². The number of carbonyl (C=O) groups excluding carboxylic acids is 2. The molecule has 5 nitrogen and oxygen atoms in total. The smallest absolute Gasteiger partial charge is 0.329 e. The Morgan fingerprint density at radius 2 is 1.80 bits per heavy atom. The summed E-state index contributed by atoms with van der Waals surface area (Å²) in [6.07, 6.45) is 2.41. The Morgan fingerprint density at radius 3 is 2.57 bits per heavy atom. The van der Waals surface area contributed by atoms with Gasteiger partial charge in [0, 0.05) is 17.1 Å². The first-order valence-corrected chi connectivity index (χ1v) is 10.2. The van der Waals surface area contributed by atoms with Crippen LogP contribution in [0.15, 0.2) is 66.4 Å². The predicted octanol–water partition coefficient (Wildman–Crippen LogP) is 5.37. The number of benzene rings is 3. The molecule has 3 aromatic rings. The maximum Gasteiger partial charge on any atom is 0.329 e. The molecule has 0 radical (unpaired) electrons. The molecule has 30 heavy (non-hydrogen) atoms. The Labute approximate surface area is 179 Å². The van der Waals surface area contributed by atoms with Crippen molar-refractivity contribution in [3.05, 3.63) is 82.5 Å². The maximum absolute atomic E-state index is 12.7. The molecule has 0 bridgehead atoms. The first-order valence-electron chi connectivity index (χ1n) is 9.80. The molecule has 1 aliphatic rings. The number of nitrogens with one attached hydrogen (secondary N) is 1. The molecule has 1 heterocycles. The van der Waals surface area contributed by atoms with Crippen LogP contribution in [0.5, 0.6) is 5.75 Å². The van der Waals surface area contributed by atoms with Gasteiger partial charge in [-0.15, -0.1) is 0 Å². The van der Waals surface area contributed by atoms with Gasteiger partial charge in [0.05, 0.1) is 0 Å². The molecule has 0 saturated carbocycles. The van der Waals surface area contributed by atoms with E-state index in [0.29, 0.717) is 30.3 Å². The zero-order valence-corrected chi connectivity index (χ0v) is 17.3. The van der Waals surface area contributed by atoms with Crippen molar-refractivity contribution in [2.45, 2.75) is 20.0 Å². The van der Waals surface area contributed by atoms with Crippen LogP contribution in [0, 0.1) is 0 Å². The van der Waals surface area contributed by atoms with Crippen molar-refractivity contribution in [3.8, 4) is 5.75 Å². The predicted molar refractivity (Wildman–Crippen MR) is 118 cm³/mol. The van der Waals surface area contributed by atoms with Gasteiger partial charge in [0.15, 0.2) is 0 Å². The summed E-state index contributed by atoms with van der Waals surface area (Å²) >= 11 is 5.96. The van der Waals surface area contributed by atoms with Crippen LogP contribution in [0.3, 0.4) is 0 Å². The lowest BCUT2D eigenvalue weighted by atomic mass is 10.0. The van der Waals surface area contributed by atoms with Crippen molar-refractivity contribution in [2.24, 2.45) is 0 Å². The third-order valence-corrected chi connectivity index (χ3v) is 5.19. The Morgan fingerprint density at radius 1 is 1.03 bits per heavy atom. The number of amides is 3. The van der Waals surface area contributed by atoms with Crippen LogP contribution in [-0.2, 0) is 11.4 Å². The number of carbonyl (C=O) groups is 2. The van der Waals surface area contributed by atoms with Gasteiger partial charge >= 0.3 is 6.03 Å². The third kappa shape index (κ3) is 4.02. The number of hydrogen-bond donors (Lipinski definition) is 1. The summed E-state index contributed by atoms with van der Waals surface area (Å²) in [6.45, 7) is 2.67. The number of imide groups is 1. The summed E-state index contributed by atoms with van der Waals surface area (Å²) in [7, 11) is 0. The summed E-state index contributed by atoms with van der Waals surface area (Å²) in [5, 5.41) is 5.31. The van der Waals surface area contributed by atoms with Gasteiger partial charge in [0.2, 0.25) is 0 Å². The van der Waals surface area contributed by atoms with Crippen LogP contribution < -0.4 is 10.1 Å². The molecule has 0 aliphatic carbocycles. The average Bonchev–Trinajstić information content (AvgIpc) is 3.02.